The molecule has 5 nitrogen and oxygen atoms in total. The van der Waals surface area contributed by atoms with Crippen LogP contribution in [0.4, 0.5) is 10.1 Å². The zero-order valence-electron chi connectivity index (χ0n) is 7.55. The molecule has 1 aromatic rings. The Morgan fingerprint density at radius 1 is 1.67 bits per heavy atom. The fraction of sp³-hybridized carbons (Fsp3) is 0.222. The lowest BCUT2D eigenvalue weighted by Crippen LogP contribution is -2.02. The lowest BCUT2D eigenvalue weighted by atomic mass is 10.1. The van der Waals surface area contributed by atoms with Crippen LogP contribution in [0, 0.1) is 27.3 Å². The van der Waals surface area contributed by atoms with Gasteiger partial charge in [-0.25, -0.2) is 0 Å². The van der Waals surface area contributed by atoms with Gasteiger partial charge in [0.25, 0.3) is 0 Å². The lowest BCUT2D eigenvalue weighted by Gasteiger charge is -2.07. The van der Waals surface area contributed by atoms with E-state index in [0.29, 0.717) is 0 Å². The summed E-state index contributed by atoms with van der Waals surface area (Å²) < 4.78 is 13.4. The Morgan fingerprint density at radius 3 is 2.87 bits per heavy atom. The fourth-order valence-electron chi connectivity index (χ4n) is 1.13. The third-order valence-electron chi connectivity index (χ3n) is 1.85. The maximum Gasteiger partial charge on any atom is 0.305 e. The third kappa shape index (κ3) is 2.27. The summed E-state index contributed by atoms with van der Waals surface area (Å²) in [6, 6.07) is 5.13. The Balaban J connectivity index is 3.16. The van der Waals surface area contributed by atoms with E-state index in [1.807, 2.05) is 0 Å². The van der Waals surface area contributed by atoms with E-state index in [-0.39, 0.29) is 12.0 Å². The van der Waals surface area contributed by atoms with E-state index in [4.69, 9.17) is 5.26 Å². The second-order valence-corrected chi connectivity index (χ2v) is 2.82. The van der Waals surface area contributed by atoms with Crippen molar-refractivity contribution in [2.45, 2.75) is 12.5 Å². The van der Waals surface area contributed by atoms with Gasteiger partial charge in [-0.2, -0.15) is 9.65 Å². The summed E-state index contributed by atoms with van der Waals surface area (Å²) in [5, 5.41) is 28.0. The zero-order chi connectivity index (χ0) is 11.4. The van der Waals surface area contributed by atoms with Crippen LogP contribution in [0.15, 0.2) is 18.2 Å². The molecule has 0 aromatic heterocycles. The summed E-state index contributed by atoms with van der Waals surface area (Å²) in [5.41, 5.74) is -0.935. The van der Waals surface area contributed by atoms with Gasteiger partial charge >= 0.3 is 5.69 Å². The van der Waals surface area contributed by atoms with Gasteiger partial charge in [-0.15, -0.1) is 0 Å². The molecule has 1 rings (SSSR count). The second-order valence-electron chi connectivity index (χ2n) is 2.82. The SMILES string of the molecule is N#CCC(O)c1cccc([N+](=O)[O-])c1F. The molecule has 78 valence electrons. The molecule has 0 saturated heterocycles. The topological polar surface area (TPSA) is 87.2 Å². The monoisotopic (exact) mass is 210 g/mol. The predicted octanol–water partition coefficient (Wildman–Crippen LogP) is 1.68. The predicted molar refractivity (Wildman–Crippen MR) is 48.2 cm³/mol. The standard InChI is InChI=1S/C9H7FN2O3/c10-9-6(8(13)4-5-11)2-1-3-7(9)12(14)15/h1-3,8,13H,4H2. The number of hydrogen-bond donors (Lipinski definition) is 1. The molecule has 0 saturated carbocycles. The number of nitro benzene ring substituents is 1. The molecular weight excluding hydrogens is 203 g/mol. The van der Waals surface area contributed by atoms with Gasteiger partial charge in [-0.1, -0.05) is 12.1 Å². The molecule has 1 atom stereocenters. The van der Waals surface area contributed by atoms with Crippen molar-refractivity contribution >= 4 is 5.69 Å². The molecule has 0 bridgehead atoms. The highest BCUT2D eigenvalue weighted by Gasteiger charge is 2.21. The van der Waals surface area contributed by atoms with Crippen molar-refractivity contribution in [2.75, 3.05) is 0 Å². The number of halogens is 1. The number of benzene rings is 1. The van der Waals surface area contributed by atoms with E-state index >= 15 is 0 Å². The number of aliphatic hydroxyl groups is 1. The molecule has 1 unspecified atom stereocenters. The number of nitro groups is 1. The van der Waals surface area contributed by atoms with Crippen LogP contribution >= 0.6 is 0 Å². The molecule has 0 aliphatic carbocycles. The lowest BCUT2D eigenvalue weighted by molar-refractivity contribution is -0.387. The highest BCUT2D eigenvalue weighted by atomic mass is 19.1. The summed E-state index contributed by atoms with van der Waals surface area (Å²) in [4.78, 5) is 9.50. The van der Waals surface area contributed by atoms with Crippen molar-refractivity contribution in [3.05, 3.63) is 39.7 Å². The van der Waals surface area contributed by atoms with Gasteiger partial charge in [0.05, 0.1) is 23.5 Å². The molecule has 0 spiro atoms. The van der Waals surface area contributed by atoms with E-state index in [1.165, 1.54) is 12.1 Å². The minimum absolute atomic E-state index is 0.231. The molecule has 6 heteroatoms. The normalized spacial score (nSPS) is 11.8. The van der Waals surface area contributed by atoms with E-state index in [0.717, 1.165) is 6.07 Å². The summed E-state index contributed by atoms with van der Waals surface area (Å²) in [6.07, 6.45) is -1.65. The van der Waals surface area contributed by atoms with Gasteiger partial charge in [0.15, 0.2) is 0 Å². The van der Waals surface area contributed by atoms with Gasteiger partial charge < -0.3 is 5.11 Å². The number of aliphatic hydroxyl groups excluding tert-OH is 1. The molecule has 0 amide bonds. The van der Waals surface area contributed by atoms with Crippen molar-refractivity contribution in [3.8, 4) is 6.07 Å². The average molecular weight is 210 g/mol. The number of hydrogen-bond acceptors (Lipinski definition) is 4. The van der Waals surface area contributed by atoms with Crippen molar-refractivity contribution in [1.29, 1.82) is 5.26 Å². The molecule has 0 fully saturated rings. The molecule has 0 radical (unpaired) electrons. The van der Waals surface area contributed by atoms with Crippen molar-refractivity contribution < 1.29 is 14.4 Å². The highest BCUT2D eigenvalue weighted by Crippen LogP contribution is 2.26. The van der Waals surface area contributed by atoms with Gasteiger partial charge in [0.1, 0.15) is 0 Å². The highest BCUT2D eigenvalue weighted by molar-refractivity contribution is 5.37. The zero-order valence-corrected chi connectivity index (χ0v) is 7.55. The van der Waals surface area contributed by atoms with E-state index in [9.17, 15) is 19.6 Å². The maximum atomic E-state index is 13.4. The van der Waals surface area contributed by atoms with Crippen LogP contribution in [0.5, 0.6) is 0 Å². The average Bonchev–Trinajstić information content (AvgIpc) is 2.17. The Hall–Kier alpha value is -2.00. The van der Waals surface area contributed by atoms with Gasteiger partial charge in [-0.3, -0.25) is 10.1 Å². The summed E-state index contributed by atoms with van der Waals surface area (Å²) >= 11 is 0. The van der Waals surface area contributed by atoms with Crippen LogP contribution < -0.4 is 0 Å². The Kier molecular flexibility index (Phi) is 3.31. The Morgan fingerprint density at radius 2 is 2.33 bits per heavy atom. The second kappa shape index (κ2) is 4.48. The van der Waals surface area contributed by atoms with Gasteiger partial charge in [0, 0.05) is 11.6 Å². The van der Waals surface area contributed by atoms with Gasteiger partial charge in [0.2, 0.25) is 5.82 Å². The molecule has 1 N–H and O–H groups in total. The quantitative estimate of drug-likeness (QED) is 0.607. The fourth-order valence-corrected chi connectivity index (χ4v) is 1.13. The van der Waals surface area contributed by atoms with Gasteiger partial charge in [-0.05, 0) is 0 Å². The molecule has 15 heavy (non-hydrogen) atoms. The van der Waals surface area contributed by atoms with Crippen LogP contribution in [0.2, 0.25) is 0 Å². The Labute approximate surface area is 84.5 Å². The largest absolute Gasteiger partial charge is 0.387 e. The molecule has 0 aliphatic heterocycles. The van der Waals surface area contributed by atoms with Crippen LogP contribution in [0.25, 0.3) is 0 Å². The first-order valence-electron chi connectivity index (χ1n) is 4.05. The molecule has 0 heterocycles. The van der Waals surface area contributed by atoms with Crippen molar-refractivity contribution in [3.63, 3.8) is 0 Å². The van der Waals surface area contributed by atoms with Crippen molar-refractivity contribution in [1.82, 2.24) is 0 Å². The van der Waals surface area contributed by atoms with Crippen LogP contribution in [0.1, 0.15) is 18.1 Å². The van der Waals surface area contributed by atoms with Crippen LogP contribution in [0.3, 0.4) is 0 Å². The first-order chi connectivity index (χ1) is 7.07. The van der Waals surface area contributed by atoms with E-state index < -0.39 is 22.5 Å². The number of rotatable bonds is 3. The first kappa shape index (κ1) is 11.1. The van der Waals surface area contributed by atoms with Crippen molar-refractivity contribution in [2.24, 2.45) is 0 Å². The smallest absolute Gasteiger partial charge is 0.305 e. The number of nitriles is 1. The van der Waals surface area contributed by atoms with E-state index in [2.05, 4.69) is 0 Å². The molecule has 1 aromatic carbocycles. The maximum absolute atomic E-state index is 13.4. The van der Waals surface area contributed by atoms with Crippen LogP contribution in [-0.2, 0) is 0 Å². The van der Waals surface area contributed by atoms with Crippen LogP contribution in [-0.4, -0.2) is 10.0 Å². The molecule has 0 aliphatic rings. The minimum atomic E-state index is -1.34. The number of nitrogens with zero attached hydrogens (tertiary/aromatic N) is 2. The summed E-state index contributed by atoms with van der Waals surface area (Å²) in [7, 11) is 0. The molecular formula is C9H7FN2O3. The minimum Gasteiger partial charge on any atom is -0.387 e. The third-order valence-corrected chi connectivity index (χ3v) is 1.85. The van der Waals surface area contributed by atoms with E-state index in [1.54, 1.807) is 6.07 Å². The Bertz CT molecular complexity index is 428. The summed E-state index contributed by atoms with van der Waals surface area (Å²) in [5.74, 6) is -1.09. The summed E-state index contributed by atoms with van der Waals surface area (Å²) in [6.45, 7) is 0. The first-order valence-corrected chi connectivity index (χ1v) is 4.05.